The first-order valence-corrected chi connectivity index (χ1v) is 10.9. The summed E-state index contributed by atoms with van der Waals surface area (Å²) in [5.41, 5.74) is 4.89. The van der Waals surface area contributed by atoms with Crippen LogP contribution in [0.2, 0.25) is 0 Å². The van der Waals surface area contributed by atoms with E-state index in [0.29, 0.717) is 18.1 Å². The Balaban J connectivity index is 1.48. The van der Waals surface area contributed by atoms with Gasteiger partial charge >= 0.3 is 0 Å². The van der Waals surface area contributed by atoms with Crippen LogP contribution in [0.5, 0.6) is 0 Å². The van der Waals surface area contributed by atoms with Gasteiger partial charge in [0.05, 0.1) is 30.1 Å². The summed E-state index contributed by atoms with van der Waals surface area (Å²) >= 11 is 0. The molecule has 0 saturated carbocycles. The van der Waals surface area contributed by atoms with Crippen molar-refractivity contribution in [3.8, 4) is 0 Å². The van der Waals surface area contributed by atoms with E-state index in [1.165, 1.54) is 25.0 Å². The lowest BCUT2D eigenvalue weighted by atomic mass is 9.85. The first-order chi connectivity index (χ1) is 13.5. The third-order valence-corrected chi connectivity index (χ3v) is 6.62. The number of rotatable bonds is 2. The Morgan fingerprint density at radius 3 is 2.93 bits per heavy atom. The number of oxazole rings is 1. The molecule has 0 amide bonds. The molecule has 4 aliphatic rings. The molecule has 1 aromatic heterocycles. The van der Waals surface area contributed by atoms with Gasteiger partial charge in [0.25, 0.3) is 0 Å². The molecular weight excluding hydrogens is 352 g/mol. The molecule has 6 heteroatoms. The fourth-order valence-electron chi connectivity index (χ4n) is 5.13. The maximum absolute atomic E-state index is 6.33. The Labute approximate surface area is 167 Å². The van der Waals surface area contributed by atoms with Gasteiger partial charge in [-0.2, -0.15) is 0 Å². The van der Waals surface area contributed by atoms with Gasteiger partial charge in [-0.05, 0) is 38.5 Å². The Hall–Kier alpha value is -1.66. The third kappa shape index (κ3) is 3.20. The summed E-state index contributed by atoms with van der Waals surface area (Å²) in [6, 6.07) is 0.402. The van der Waals surface area contributed by atoms with Crippen LogP contribution in [0.4, 0.5) is 0 Å². The molecule has 1 N–H and O–H groups in total. The van der Waals surface area contributed by atoms with Crippen molar-refractivity contribution in [3.63, 3.8) is 0 Å². The van der Waals surface area contributed by atoms with Crippen LogP contribution in [0.3, 0.4) is 0 Å². The Morgan fingerprint density at radius 2 is 2.11 bits per heavy atom. The minimum atomic E-state index is -0.0353. The fraction of sp³-hybridized carbons (Fsp3) is 0.727. The van der Waals surface area contributed by atoms with Gasteiger partial charge in [0.1, 0.15) is 11.8 Å². The van der Waals surface area contributed by atoms with Gasteiger partial charge in [0.2, 0.25) is 5.89 Å². The van der Waals surface area contributed by atoms with E-state index in [0.717, 1.165) is 37.5 Å². The average molecular weight is 385 g/mol. The second kappa shape index (κ2) is 6.99. The van der Waals surface area contributed by atoms with Gasteiger partial charge in [-0.15, -0.1) is 0 Å². The highest BCUT2D eigenvalue weighted by molar-refractivity contribution is 5.78. The summed E-state index contributed by atoms with van der Waals surface area (Å²) < 4.78 is 12.6. The van der Waals surface area contributed by atoms with Crippen molar-refractivity contribution >= 4 is 6.21 Å². The summed E-state index contributed by atoms with van der Waals surface area (Å²) in [4.78, 5) is 9.32. The molecule has 5 unspecified atom stereocenters. The number of ether oxygens (including phenoxy) is 1. The molecule has 4 aliphatic heterocycles. The first kappa shape index (κ1) is 18.4. The number of aliphatic imine (C=N–C) groups is 1. The van der Waals surface area contributed by atoms with E-state index in [-0.39, 0.29) is 17.6 Å². The zero-order valence-electron chi connectivity index (χ0n) is 17.2. The molecule has 0 spiro atoms. The zero-order valence-corrected chi connectivity index (χ0v) is 17.2. The fourth-order valence-corrected chi connectivity index (χ4v) is 5.13. The molecule has 3 saturated heterocycles. The Morgan fingerprint density at radius 1 is 1.21 bits per heavy atom. The molecule has 0 aliphatic carbocycles. The molecule has 0 radical (unpaired) electrons. The minimum absolute atomic E-state index is 0.0353. The van der Waals surface area contributed by atoms with Gasteiger partial charge in [0, 0.05) is 24.1 Å². The predicted octanol–water partition coefficient (Wildman–Crippen LogP) is 3.91. The molecule has 28 heavy (non-hydrogen) atoms. The second-order valence-corrected chi connectivity index (χ2v) is 9.71. The van der Waals surface area contributed by atoms with Crippen molar-refractivity contribution in [2.75, 3.05) is 6.54 Å². The van der Waals surface area contributed by atoms with Crippen molar-refractivity contribution in [2.45, 2.75) is 89.0 Å². The minimum Gasteiger partial charge on any atom is -0.443 e. The normalized spacial score (nSPS) is 35.5. The monoisotopic (exact) mass is 384 g/mol. The van der Waals surface area contributed by atoms with E-state index >= 15 is 0 Å². The van der Waals surface area contributed by atoms with Crippen LogP contribution in [-0.4, -0.2) is 41.0 Å². The maximum atomic E-state index is 6.33. The number of nitrogens with zero attached hydrogens (tertiary/aromatic N) is 3. The lowest BCUT2D eigenvalue weighted by Gasteiger charge is -2.37. The number of hydrogen-bond acceptors (Lipinski definition) is 6. The van der Waals surface area contributed by atoms with Crippen molar-refractivity contribution < 1.29 is 9.15 Å². The molecular formula is C22H32N4O2. The smallest absolute Gasteiger partial charge is 0.213 e. The van der Waals surface area contributed by atoms with Crippen LogP contribution < -0.4 is 5.43 Å². The van der Waals surface area contributed by atoms with Crippen molar-refractivity contribution in [1.82, 2.24) is 15.4 Å². The number of allylic oxidation sites excluding steroid dienone is 2. The molecule has 152 valence electrons. The topological polar surface area (TPSA) is 62.9 Å². The van der Waals surface area contributed by atoms with Crippen LogP contribution in [-0.2, 0) is 10.2 Å². The largest absolute Gasteiger partial charge is 0.443 e. The van der Waals surface area contributed by atoms with Gasteiger partial charge < -0.3 is 14.2 Å². The quantitative estimate of drug-likeness (QED) is 0.838. The van der Waals surface area contributed by atoms with Crippen molar-refractivity contribution in [1.29, 1.82) is 0 Å². The van der Waals surface area contributed by atoms with E-state index in [1.807, 2.05) is 12.4 Å². The van der Waals surface area contributed by atoms with Crippen LogP contribution in [0, 0.1) is 5.92 Å². The van der Waals surface area contributed by atoms with Gasteiger partial charge in [-0.3, -0.25) is 4.99 Å². The van der Waals surface area contributed by atoms with Crippen LogP contribution in [0.15, 0.2) is 27.4 Å². The molecule has 5 rings (SSSR count). The summed E-state index contributed by atoms with van der Waals surface area (Å²) in [7, 11) is 0. The number of aromatic nitrogens is 1. The molecule has 3 fully saturated rings. The predicted molar refractivity (Wildman–Crippen MR) is 108 cm³/mol. The van der Waals surface area contributed by atoms with E-state index in [4.69, 9.17) is 9.15 Å². The average Bonchev–Trinajstić information content (AvgIpc) is 3.32. The summed E-state index contributed by atoms with van der Waals surface area (Å²) in [6.45, 7) is 7.41. The van der Waals surface area contributed by atoms with E-state index in [9.17, 15) is 0 Å². The van der Waals surface area contributed by atoms with Crippen molar-refractivity contribution in [3.05, 3.63) is 29.6 Å². The highest BCUT2D eigenvalue weighted by atomic mass is 16.5. The van der Waals surface area contributed by atoms with E-state index < -0.39 is 0 Å². The van der Waals surface area contributed by atoms with Crippen LogP contribution >= 0.6 is 0 Å². The number of nitrogens with one attached hydrogen (secondary N) is 1. The Kier molecular flexibility index (Phi) is 4.59. The summed E-state index contributed by atoms with van der Waals surface area (Å²) in [5, 5.41) is 2.33. The lowest BCUT2D eigenvalue weighted by molar-refractivity contribution is -0.0560. The SMILES string of the molecule is CC(C)(C)c1cnc(C2NN(C3=CCCCCN=C3)C3C4CCC(CC23)O4)o1. The van der Waals surface area contributed by atoms with Gasteiger partial charge in [-0.25, -0.2) is 10.4 Å². The second-order valence-electron chi connectivity index (χ2n) is 9.71. The molecule has 2 bridgehead atoms. The lowest BCUT2D eigenvalue weighted by Crippen LogP contribution is -2.47. The highest BCUT2D eigenvalue weighted by Gasteiger charge is 2.55. The molecule has 5 atom stereocenters. The molecule has 1 aromatic rings. The molecule has 5 heterocycles. The zero-order chi connectivity index (χ0) is 19.3. The van der Waals surface area contributed by atoms with E-state index in [2.05, 4.69) is 47.3 Å². The Bertz CT molecular complexity index is 778. The number of fused-ring (bicyclic) bond motifs is 4. The van der Waals surface area contributed by atoms with Crippen LogP contribution in [0.1, 0.15) is 77.0 Å². The standard InChI is InChI=1S/C22H32N4O2/c1-22(2,3)18-13-24-21(28-18)19-16-11-15-8-9-17(27-15)20(16)26(25-19)14-7-5-4-6-10-23-12-14/h7,12-13,15-17,19-20,25H,4-6,8-11H2,1-3H3. The van der Waals surface area contributed by atoms with Gasteiger partial charge in [0.15, 0.2) is 0 Å². The summed E-state index contributed by atoms with van der Waals surface area (Å²) in [5.74, 6) is 2.20. The number of hydrogen-bond donors (Lipinski definition) is 1. The molecule has 0 aromatic carbocycles. The summed E-state index contributed by atoms with van der Waals surface area (Å²) in [6.07, 6.45) is 13.8. The maximum Gasteiger partial charge on any atom is 0.213 e. The van der Waals surface area contributed by atoms with E-state index in [1.54, 1.807) is 0 Å². The highest BCUT2D eigenvalue weighted by Crippen LogP contribution is 2.48. The van der Waals surface area contributed by atoms with Gasteiger partial charge in [-0.1, -0.05) is 26.8 Å². The van der Waals surface area contributed by atoms with Crippen molar-refractivity contribution in [2.24, 2.45) is 10.9 Å². The third-order valence-electron chi connectivity index (χ3n) is 6.62. The number of hydrazine groups is 1. The first-order valence-electron chi connectivity index (χ1n) is 10.9. The van der Waals surface area contributed by atoms with Crippen LogP contribution in [0.25, 0.3) is 0 Å². The molecule has 6 nitrogen and oxygen atoms in total.